The molecule has 0 aliphatic heterocycles. The molecule has 0 spiro atoms. The average Bonchev–Trinajstić information content (AvgIpc) is 2.11. The standard InChI is InChI=1S/C10H12FNO3/c1-10(2,9(14)15)7-5(11)3-4-6(12)8(7)13/h3-4,13H,12H2,1-2H3,(H,14,15). The molecule has 0 fully saturated rings. The van der Waals surface area contributed by atoms with Crippen molar-refractivity contribution in [1.29, 1.82) is 0 Å². The van der Waals surface area contributed by atoms with Crippen molar-refractivity contribution in [3.63, 3.8) is 0 Å². The van der Waals surface area contributed by atoms with Crippen molar-refractivity contribution in [2.45, 2.75) is 19.3 Å². The van der Waals surface area contributed by atoms with Crippen molar-refractivity contribution in [1.82, 2.24) is 0 Å². The number of nitrogens with two attached hydrogens (primary N) is 1. The van der Waals surface area contributed by atoms with Gasteiger partial charge >= 0.3 is 5.97 Å². The van der Waals surface area contributed by atoms with Gasteiger partial charge in [0.05, 0.1) is 11.1 Å². The predicted molar refractivity (Wildman–Crippen MR) is 53.1 cm³/mol. The lowest BCUT2D eigenvalue weighted by Crippen LogP contribution is -2.30. The number of anilines is 1. The first-order chi connectivity index (χ1) is 6.78. The van der Waals surface area contributed by atoms with E-state index in [2.05, 4.69) is 0 Å². The molecule has 0 saturated carbocycles. The molecular formula is C10H12FNO3. The summed E-state index contributed by atoms with van der Waals surface area (Å²) in [6.45, 7) is 2.60. The highest BCUT2D eigenvalue weighted by Crippen LogP contribution is 2.37. The Bertz CT molecular complexity index is 415. The number of halogens is 1. The number of rotatable bonds is 2. The minimum atomic E-state index is -1.52. The summed E-state index contributed by atoms with van der Waals surface area (Å²) in [6.07, 6.45) is 0. The van der Waals surface area contributed by atoms with E-state index in [0.717, 1.165) is 6.07 Å². The highest BCUT2D eigenvalue weighted by Gasteiger charge is 2.35. The zero-order valence-corrected chi connectivity index (χ0v) is 8.41. The molecule has 82 valence electrons. The first-order valence-corrected chi connectivity index (χ1v) is 4.29. The molecule has 0 unspecified atom stereocenters. The molecule has 15 heavy (non-hydrogen) atoms. The first-order valence-electron chi connectivity index (χ1n) is 4.29. The third-order valence-corrected chi connectivity index (χ3v) is 2.32. The van der Waals surface area contributed by atoms with Gasteiger partial charge in [-0.1, -0.05) is 0 Å². The number of phenols is 1. The zero-order valence-electron chi connectivity index (χ0n) is 8.41. The number of hydrogen-bond donors (Lipinski definition) is 3. The van der Waals surface area contributed by atoms with E-state index in [4.69, 9.17) is 10.8 Å². The van der Waals surface area contributed by atoms with Crippen LogP contribution in [0.4, 0.5) is 10.1 Å². The van der Waals surface area contributed by atoms with Crippen molar-refractivity contribution in [2.24, 2.45) is 0 Å². The molecule has 0 heterocycles. The minimum Gasteiger partial charge on any atom is -0.505 e. The highest BCUT2D eigenvalue weighted by molar-refractivity contribution is 5.82. The van der Waals surface area contributed by atoms with Gasteiger partial charge in [-0.2, -0.15) is 0 Å². The van der Waals surface area contributed by atoms with Crippen LogP contribution >= 0.6 is 0 Å². The number of carboxylic acid groups (broad SMARTS) is 1. The number of phenolic OH excluding ortho intramolecular Hbond substituents is 1. The van der Waals surface area contributed by atoms with E-state index in [-0.39, 0.29) is 11.3 Å². The summed E-state index contributed by atoms with van der Waals surface area (Å²) in [5.74, 6) is -2.53. The van der Waals surface area contributed by atoms with Gasteiger partial charge in [-0.05, 0) is 26.0 Å². The Kier molecular flexibility index (Phi) is 2.57. The smallest absolute Gasteiger partial charge is 0.313 e. The third kappa shape index (κ3) is 1.72. The summed E-state index contributed by atoms with van der Waals surface area (Å²) in [5.41, 5.74) is 3.52. The van der Waals surface area contributed by atoms with Crippen molar-refractivity contribution in [3.05, 3.63) is 23.5 Å². The fraction of sp³-hybridized carbons (Fsp3) is 0.300. The average molecular weight is 213 g/mol. The van der Waals surface area contributed by atoms with Gasteiger partial charge in [0, 0.05) is 5.56 Å². The molecule has 0 aromatic heterocycles. The van der Waals surface area contributed by atoms with Gasteiger partial charge in [-0.25, -0.2) is 4.39 Å². The third-order valence-electron chi connectivity index (χ3n) is 2.32. The second kappa shape index (κ2) is 3.42. The van der Waals surface area contributed by atoms with Gasteiger partial charge < -0.3 is 15.9 Å². The fourth-order valence-corrected chi connectivity index (χ4v) is 1.28. The molecule has 4 N–H and O–H groups in total. The van der Waals surface area contributed by atoms with Crippen LogP contribution in [0.25, 0.3) is 0 Å². The molecule has 1 aromatic carbocycles. The molecule has 0 atom stereocenters. The molecule has 0 saturated heterocycles. The minimum absolute atomic E-state index is 0.0410. The first kappa shape index (κ1) is 11.3. The molecule has 0 aliphatic rings. The maximum atomic E-state index is 13.4. The molecule has 0 bridgehead atoms. The quantitative estimate of drug-likeness (QED) is 0.513. The van der Waals surface area contributed by atoms with Crippen LogP contribution in [0, 0.1) is 5.82 Å². The lowest BCUT2D eigenvalue weighted by molar-refractivity contribution is -0.142. The van der Waals surface area contributed by atoms with Crippen LogP contribution in [0.2, 0.25) is 0 Å². The van der Waals surface area contributed by atoms with E-state index in [0.29, 0.717) is 0 Å². The van der Waals surface area contributed by atoms with Crippen LogP contribution < -0.4 is 5.73 Å². The predicted octanol–water partition coefficient (Wildman–Crippen LogP) is 1.48. The molecule has 4 nitrogen and oxygen atoms in total. The molecule has 1 rings (SSSR count). The van der Waals surface area contributed by atoms with Crippen molar-refractivity contribution in [2.75, 3.05) is 5.73 Å². The van der Waals surface area contributed by atoms with Gasteiger partial charge in [0.2, 0.25) is 0 Å². The Morgan fingerprint density at radius 1 is 1.47 bits per heavy atom. The monoisotopic (exact) mass is 213 g/mol. The lowest BCUT2D eigenvalue weighted by Gasteiger charge is -2.22. The molecule has 0 amide bonds. The molecular weight excluding hydrogens is 201 g/mol. The van der Waals surface area contributed by atoms with Crippen LogP contribution in [0.1, 0.15) is 19.4 Å². The summed E-state index contributed by atoms with van der Waals surface area (Å²) in [6, 6.07) is 2.22. The van der Waals surface area contributed by atoms with E-state index in [1.165, 1.54) is 19.9 Å². The summed E-state index contributed by atoms with van der Waals surface area (Å²) < 4.78 is 13.4. The highest BCUT2D eigenvalue weighted by atomic mass is 19.1. The number of carbonyl (C=O) groups is 1. The number of benzene rings is 1. The second-order valence-corrected chi connectivity index (χ2v) is 3.79. The largest absolute Gasteiger partial charge is 0.505 e. The van der Waals surface area contributed by atoms with Crippen LogP contribution in [-0.4, -0.2) is 16.2 Å². The Balaban J connectivity index is 3.49. The fourth-order valence-electron chi connectivity index (χ4n) is 1.28. The van der Waals surface area contributed by atoms with Gasteiger partial charge in [0.15, 0.2) is 0 Å². The second-order valence-electron chi connectivity index (χ2n) is 3.79. The van der Waals surface area contributed by atoms with E-state index in [1.807, 2.05) is 0 Å². The van der Waals surface area contributed by atoms with Crippen molar-refractivity contribution in [3.8, 4) is 5.75 Å². The maximum Gasteiger partial charge on any atom is 0.313 e. The summed E-state index contributed by atoms with van der Waals surface area (Å²) in [5, 5.41) is 18.5. The number of aliphatic carboxylic acids is 1. The van der Waals surface area contributed by atoms with Gasteiger partial charge in [-0.15, -0.1) is 0 Å². The van der Waals surface area contributed by atoms with Crippen LogP contribution in [-0.2, 0) is 10.2 Å². The Morgan fingerprint density at radius 3 is 2.47 bits per heavy atom. The molecule has 5 heteroatoms. The Labute approximate surface area is 86.1 Å². The number of nitrogen functional groups attached to an aromatic ring is 1. The Morgan fingerprint density at radius 2 is 2.00 bits per heavy atom. The lowest BCUT2D eigenvalue weighted by atomic mass is 9.83. The normalized spacial score (nSPS) is 11.4. The maximum absolute atomic E-state index is 13.4. The van der Waals surface area contributed by atoms with Gasteiger partial charge in [-0.3, -0.25) is 4.79 Å². The van der Waals surface area contributed by atoms with Crippen molar-refractivity contribution < 1.29 is 19.4 Å². The van der Waals surface area contributed by atoms with E-state index < -0.39 is 23.0 Å². The van der Waals surface area contributed by atoms with Gasteiger partial charge in [0.1, 0.15) is 11.6 Å². The SMILES string of the molecule is CC(C)(C(=O)O)c1c(F)ccc(N)c1O. The topological polar surface area (TPSA) is 83.5 Å². The summed E-state index contributed by atoms with van der Waals surface area (Å²) in [4.78, 5) is 10.9. The van der Waals surface area contributed by atoms with E-state index in [1.54, 1.807) is 0 Å². The molecule has 1 aromatic rings. The van der Waals surface area contributed by atoms with Crippen LogP contribution in [0.3, 0.4) is 0 Å². The van der Waals surface area contributed by atoms with Crippen molar-refractivity contribution >= 4 is 11.7 Å². The number of carboxylic acids is 1. The van der Waals surface area contributed by atoms with Gasteiger partial charge in [0.25, 0.3) is 0 Å². The zero-order chi connectivity index (χ0) is 11.8. The number of hydrogen-bond acceptors (Lipinski definition) is 3. The number of aromatic hydroxyl groups is 1. The summed E-state index contributed by atoms with van der Waals surface area (Å²) in [7, 11) is 0. The van der Waals surface area contributed by atoms with E-state index in [9.17, 15) is 14.3 Å². The summed E-state index contributed by atoms with van der Waals surface area (Å²) >= 11 is 0. The molecule has 0 aliphatic carbocycles. The van der Waals surface area contributed by atoms with Crippen LogP contribution in [0.15, 0.2) is 12.1 Å². The Hall–Kier alpha value is -1.78. The molecule has 0 radical (unpaired) electrons. The van der Waals surface area contributed by atoms with E-state index >= 15 is 0 Å². The van der Waals surface area contributed by atoms with Crippen LogP contribution in [0.5, 0.6) is 5.75 Å².